The highest BCUT2D eigenvalue weighted by Gasteiger charge is 2.18. The molecular formula is C29H30FN7O. The third kappa shape index (κ3) is 5.04. The Hall–Kier alpha value is -4.40. The van der Waals surface area contributed by atoms with Gasteiger partial charge in [0.25, 0.3) is 0 Å². The van der Waals surface area contributed by atoms with Crippen LogP contribution in [0.1, 0.15) is 49.9 Å². The molecule has 0 amide bonds. The summed E-state index contributed by atoms with van der Waals surface area (Å²) in [5, 5.41) is 14.1. The zero-order valence-corrected chi connectivity index (χ0v) is 21.6. The molecule has 0 aliphatic heterocycles. The Morgan fingerprint density at radius 3 is 2.55 bits per heavy atom. The van der Waals surface area contributed by atoms with Gasteiger partial charge in [-0.25, -0.2) is 14.3 Å². The van der Waals surface area contributed by atoms with E-state index < -0.39 is 0 Å². The van der Waals surface area contributed by atoms with Crippen molar-refractivity contribution >= 4 is 0 Å². The third-order valence-electron chi connectivity index (χ3n) is 6.66. The van der Waals surface area contributed by atoms with Gasteiger partial charge in [-0.3, -0.25) is 14.1 Å². The van der Waals surface area contributed by atoms with Gasteiger partial charge < -0.3 is 0 Å². The molecule has 0 unspecified atom stereocenters. The van der Waals surface area contributed by atoms with Crippen molar-refractivity contribution in [3.05, 3.63) is 100 Å². The second kappa shape index (κ2) is 11.3. The van der Waals surface area contributed by atoms with Crippen molar-refractivity contribution in [2.75, 3.05) is 0 Å². The molecule has 3 aromatic heterocycles. The number of nitrogens with zero attached hydrogens (tertiary/aromatic N) is 6. The van der Waals surface area contributed by atoms with E-state index in [0.29, 0.717) is 24.5 Å². The summed E-state index contributed by atoms with van der Waals surface area (Å²) in [5.41, 5.74) is 5.30. The van der Waals surface area contributed by atoms with Crippen molar-refractivity contribution in [2.24, 2.45) is 0 Å². The van der Waals surface area contributed by atoms with Crippen LogP contribution in [0.15, 0.2) is 71.8 Å². The van der Waals surface area contributed by atoms with Crippen LogP contribution in [0.25, 0.3) is 28.3 Å². The first-order chi connectivity index (χ1) is 18.6. The van der Waals surface area contributed by atoms with Crippen LogP contribution in [0, 0.1) is 5.82 Å². The first kappa shape index (κ1) is 25.3. The molecule has 2 aromatic carbocycles. The van der Waals surface area contributed by atoms with E-state index in [1.807, 2.05) is 48.7 Å². The van der Waals surface area contributed by atoms with Crippen LogP contribution in [0.5, 0.6) is 0 Å². The summed E-state index contributed by atoms with van der Waals surface area (Å²) in [6, 6.07) is 16.7. The van der Waals surface area contributed by atoms with Crippen LogP contribution in [-0.2, 0) is 19.4 Å². The lowest BCUT2D eigenvalue weighted by molar-refractivity contribution is 0.609. The van der Waals surface area contributed by atoms with Gasteiger partial charge in [0.15, 0.2) is 5.82 Å². The Morgan fingerprint density at radius 2 is 1.82 bits per heavy atom. The van der Waals surface area contributed by atoms with Crippen molar-refractivity contribution in [3.63, 3.8) is 0 Å². The Kier molecular flexibility index (Phi) is 7.53. The molecule has 0 bridgehead atoms. The molecule has 38 heavy (non-hydrogen) atoms. The van der Waals surface area contributed by atoms with Crippen LogP contribution >= 0.6 is 0 Å². The monoisotopic (exact) mass is 511 g/mol. The standard InChI is InChI=1S/C29H30FN7O/c1-3-5-10-23-19-37(27-22(8-4-2)9-6-12-25(27)30)29(38)36(23)18-20-13-15-21(16-14-20)26-24(11-7-17-31-26)28-32-34-35-33-28/h6-7,9,11-17,19H,3-5,8,10,18H2,1-2H3,(H,32,33,34,35). The SMILES string of the molecule is CCCCc1cn(-c2c(F)cccc2CCC)c(=O)n1Cc1ccc(-c2ncccc2-c2nnn[nH]2)cc1. The van der Waals surface area contributed by atoms with Crippen molar-refractivity contribution in [2.45, 2.75) is 52.5 Å². The maximum atomic E-state index is 15.0. The summed E-state index contributed by atoms with van der Waals surface area (Å²) in [5.74, 6) is 0.163. The van der Waals surface area contributed by atoms with Gasteiger partial charge in [0.1, 0.15) is 5.82 Å². The highest BCUT2D eigenvalue weighted by atomic mass is 19.1. The van der Waals surface area contributed by atoms with E-state index in [0.717, 1.165) is 59.3 Å². The largest absolute Gasteiger partial charge is 0.333 e. The number of tetrazole rings is 1. The molecule has 0 saturated carbocycles. The minimum absolute atomic E-state index is 0.229. The molecule has 3 heterocycles. The fourth-order valence-electron chi connectivity index (χ4n) is 4.76. The normalized spacial score (nSPS) is 11.2. The number of rotatable bonds is 10. The first-order valence-electron chi connectivity index (χ1n) is 13.0. The minimum Gasteiger partial charge on any atom is -0.292 e. The molecule has 5 aromatic rings. The number of benzene rings is 2. The molecule has 0 aliphatic carbocycles. The van der Waals surface area contributed by atoms with Crippen molar-refractivity contribution in [1.29, 1.82) is 0 Å². The number of aromatic nitrogens is 7. The zero-order valence-electron chi connectivity index (χ0n) is 21.6. The second-order valence-corrected chi connectivity index (χ2v) is 9.31. The molecule has 0 aliphatic rings. The number of hydrogen-bond acceptors (Lipinski definition) is 5. The van der Waals surface area contributed by atoms with Gasteiger partial charge in [-0.1, -0.05) is 63.1 Å². The Bertz CT molecular complexity index is 1570. The van der Waals surface area contributed by atoms with Gasteiger partial charge in [0.05, 0.1) is 17.9 Å². The van der Waals surface area contributed by atoms with Gasteiger partial charge in [0, 0.05) is 29.2 Å². The lowest BCUT2D eigenvalue weighted by atomic mass is 10.0. The summed E-state index contributed by atoms with van der Waals surface area (Å²) < 4.78 is 18.3. The number of hydrogen-bond donors (Lipinski definition) is 1. The number of nitrogens with one attached hydrogen (secondary N) is 1. The molecule has 5 rings (SSSR count). The fraction of sp³-hybridized carbons (Fsp3) is 0.276. The van der Waals surface area contributed by atoms with Crippen molar-refractivity contribution in [1.82, 2.24) is 34.7 Å². The molecule has 0 spiro atoms. The van der Waals surface area contributed by atoms with Gasteiger partial charge >= 0.3 is 5.69 Å². The Balaban J connectivity index is 1.50. The quantitative estimate of drug-likeness (QED) is 0.272. The molecule has 8 nitrogen and oxygen atoms in total. The van der Waals surface area contributed by atoms with Crippen LogP contribution in [-0.4, -0.2) is 34.7 Å². The van der Waals surface area contributed by atoms with E-state index in [9.17, 15) is 4.79 Å². The maximum absolute atomic E-state index is 15.0. The van der Waals surface area contributed by atoms with Crippen molar-refractivity contribution < 1.29 is 4.39 Å². The molecule has 194 valence electrons. The molecule has 9 heteroatoms. The summed E-state index contributed by atoms with van der Waals surface area (Å²) in [7, 11) is 0. The Labute approximate surface area is 220 Å². The fourth-order valence-corrected chi connectivity index (χ4v) is 4.76. The number of pyridine rings is 1. The first-order valence-corrected chi connectivity index (χ1v) is 13.0. The number of para-hydroxylation sites is 1. The van der Waals surface area contributed by atoms with E-state index in [2.05, 4.69) is 39.5 Å². The van der Waals surface area contributed by atoms with E-state index in [1.54, 1.807) is 16.8 Å². The number of imidazole rings is 1. The number of H-pyrrole nitrogens is 1. The zero-order chi connectivity index (χ0) is 26.5. The molecule has 0 fully saturated rings. The summed E-state index contributed by atoms with van der Waals surface area (Å²) in [6.07, 6.45) is 7.81. The summed E-state index contributed by atoms with van der Waals surface area (Å²) in [4.78, 5) is 18.2. The van der Waals surface area contributed by atoms with E-state index >= 15 is 4.39 Å². The van der Waals surface area contributed by atoms with Gasteiger partial charge in [-0.2, -0.15) is 0 Å². The Morgan fingerprint density at radius 1 is 0.974 bits per heavy atom. The van der Waals surface area contributed by atoms with Gasteiger partial charge in [-0.15, -0.1) is 5.10 Å². The number of halogens is 1. The number of aromatic amines is 1. The molecule has 1 N–H and O–H groups in total. The molecular weight excluding hydrogens is 481 g/mol. The summed E-state index contributed by atoms with van der Waals surface area (Å²) >= 11 is 0. The van der Waals surface area contributed by atoms with Gasteiger partial charge in [-0.05, 0) is 59.0 Å². The predicted molar refractivity (Wildman–Crippen MR) is 145 cm³/mol. The van der Waals surface area contributed by atoms with Gasteiger partial charge in [0.2, 0.25) is 0 Å². The smallest absolute Gasteiger partial charge is 0.292 e. The second-order valence-electron chi connectivity index (χ2n) is 9.31. The predicted octanol–water partition coefficient (Wildman–Crippen LogP) is 5.36. The van der Waals surface area contributed by atoms with Crippen molar-refractivity contribution in [3.8, 4) is 28.3 Å². The topological polar surface area (TPSA) is 94.3 Å². The lowest BCUT2D eigenvalue weighted by Gasteiger charge is -2.10. The molecule has 0 atom stereocenters. The van der Waals surface area contributed by atoms with E-state index in [1.165, 1.54) is 10.6 Å². The molecule has 0 saturated heterocycles. The van der Waals surface area contributed by atoms with Crippen LogP contribution in [0.4, 0.5) is 4.39 Å². The minimum atomic E-state index is -0.380. The van der Waals surface area contributed by atoms with Crippen LogP contribution < -0.4 is 5.69 Å². The van der Waals surface area contributed by atoms with E-state index in [4.69, 9.17) is 0 Å². The number of unbranched alkanes of at least 4 members (excludes halogenated alkanes) is 1. The summed E-state index contributed by atoms with van der Waals surface area (Å²) in [6.45, 7) is 4.56. The molecule has 0 radical (unpaired) electrons. The highest BCUT2D eigenvalue weighted by molar-refractivity contribution is 5.76. The highest BCUT2D eigenvalue weighted by Crippen LogP contribution is 2.28. The third-order valence-corrected chi connectivity index (χ3v) is 6.66. The average Bonchev–Trinajstić information content (AvgIpc) is 3.58. The lowest BCUT2D eigenvalue weighted by Crippen LogP contribution is -2.26. The average molecular weight is 512 g/mol. The van der Waals surface area contributed by atoms with Crippen LogP contribution in [0.3, 0.4) is 0 Å². The number of aryl methyl sites for hydroxylation is 2. The van der Waals surface area contributed by atoms with Crippen LogP contribution in [0.2, 0.25) is 0 Å². The maximum Gasteiger partial charge on any atom is 0.333 e. The van der Waals surface area contributed by atoms with E-state index in [-0.39, 0.29) is 11.5 Å².